The molecule has 1 N–H and O–H groups in total. The van der Waals surface area contributed by atoms with Gasteiger partial charge in [-0.3, -0.25) is 9.69 Å². The topological polar surface area (TPSA) is 82.4 Å². The van der Waals surface area contributed by atoms with Gasteiger partial charge in [0.2, 0.25) is 0 Å². The highest BCUT2D eigenvalue weighted by molar-refractivity contribution is 6.02. The smallest absolute Gasteiger partial charge is 0.318 e. The first kappa shape index (κ1) is 25.9. The van der Waals surface area contributed by atoms with Crippen LogP contribution in [0, 0.1) is 6.92 Å². The first-order valence-electron chi connectivity index (χ1n) is 12.7. The van der Waals surface area contributed by atoms with Gasteiger partial charge in [0.1, 0.15) is 6.54 Å². The van der Waals surface area contributed by atoms with Crippen LogP contribution in [0.3, 0.4) is 0 Å². The molecule has 2 aromatic rings. The summed E-state index contributed by atoms with van der Waals surface area (Å²) in [5.41, 5.74) is 4.06. The number of carbonyl (C=O) groups excluding carboxylic acids is 2. The van der Waals surface area contributed by atoms with Crippen molar-refractivity contribution in [2.75, 3.05) is 45.9 Å². The summed E-state index contributed by atoms with van der Waals surface area (Å²) in [6, 6.07) is 11.8. The molecular weight excluding hydrogens is 456 g/mol. The minimum Gasteiger partial charge on any atom is -0.379 e. The molecule has 9 nitrogen and oxygen atoms in total. The van der Waals surface area contributed by atoms with Gasteiger partial charge in [-0.15, -0.1) is 0 Å². The maximum atomic E-state index is 13.7. The van der Waals surface area contributed by atoms with E-state index in [4.69, 9.17) is 9.84 Å². The molecule has 3 heterocycles. The van der Waals surface area contributed by atoms with Crippen LogP contribution in [-0.4, -0.2) is 89.0 Å². The van der Waals surface area contributed by atoms with Crippen LogP contribution in [0.1, 0.15) is 43.1 Å². The lowest BCUT2D eigenvalue weighted by Crippen LogP contribution is -2.50. The standard InChI is InChI=1S/C27H38N6O3/c1-20(2)28-27(35)32(13-12-31-14-16-36-17-15-31)19-26(34)33-25(22-9-7-21(3)8-10-22)18-23(29-33)24-6-5-11-30(24)4/h5-11,20,25H,12-19H2,1-4H3,(H,28,35)/t25-/m1/s1. The van der Waals surface area contributed by atoms with Crippen molar-refractivity contribution < 1.29 is 14.3 Å². The molecule has 1 fully saturated rings. The van der Waals surface area contributed by atoms with Crippen molar-refractivity contribution in [1.82, 2.24) is 24.7 Å². The zero-order valence-electron chi connectivity index (χ0n) is 21.8. The van der Waals surface area contributed by atoms with Gasteiger partial charge < -0.3 is 19.5 Å². The highest BCUT2D eigenvalue weighted by Gasteiger charge is 2.35. The van der Waals surface area contributed by atoms with E-state index in [1.807, 2.05) is 50.7 Å². The summed E-state index contributed by atoms with van der Waals surface area (Å²) >= 11 is 0. The predicted octanol–water partition coefficient (Wildman–Crippen LogP) is 2.76. The van der Waals surface area contributed by atoms with Gasteiger partial charge in [-0.25, -0.2) is 9.80 Å². The van der Waals surface area contributed by atoms with Crippen molar-refractivity contribution in [3.63, 3.8) is 0 Å². The van der Waals surface area contributed by atoms with Gasteiger partial charge in [0.05, 0.1) is 30.7 Å². The van der Waals surface area contributed by atoms with E-state index in [0.29, 0.717) is 32.7 Å². The average molecular weight is 495 g/mol. The monoisotopic (exact) mass is 494 g/mol. The van der Waals surface area contributed by atoms with Gasteiger partial charge in [0.15, 0.2) is 0 Å². The lowest BCUT2D eigenvalue weighted by molar-refractivity contribution is -0.133. The van der Waals surface area contributed by atoms with E-state index in [9.17, 15) is 9.59 Å². The number of amides is 3. The summed E-state index contributed by atoms with van der Waals surface area (Å²) in [6.45, 7) is 10.1. The molecular formula is C27H38N6O3. The number of urea groups is 1. The van der Waals surface area contributed by atoms with Crippen molar-refractivity contribution in [3.05, 3.63) is 59.4 Å². The van der Waals surface area contributed by atoms with E-state index >= 15 is 0 Å². The molecule has 0 aliphatic carbocycles. The summed E-state index contributed by atoms with van der Waals surface area (Å²) in [5.74, 6) is -0.189. The van der Waals surface area contributed by atoms with Crippen LogP contribution < -0.4 is 5.32 Å². The van der Waals surface area contributed by atoms with Crippen molar-refractivity contribution in [2.45, 2.75) is 39.3 Å². The number of benzene rings is 1. The van der Waals surface area contributed by atoms with Crippen LogP contribution in [0.5, 0.6) is 0 Å². The minimum absolute atomic E-state index is 0.0208. The molecule has 1 atom stereocenters. The van der Waals surface area contributed by atoms with E-state index in [1.165, 1.54) is 0 Å². The summed E-state index contributed by atoms with van der Waals surface area (Å²) in [6.07, 6.45) is 2.60. The molecule has 0 spiro atoms. The summed E-state index contributed by atoms with van der Waals surface area (Å²) < 4.78 is 7.45. The fourth-order valence-electron chi connectivity index (χ4n) is 4.62. The zero-order chi connectivity index (χ0) is 25.7. The Labute approximate surface area is 213 Å². The largest absolute Gasteiger partial charge is 0.379 e. The molecule has 3 amide bonds. The number of hydrazone groups is 1. The Balaban J connectivity index is 1.54. The Bertz CT molecular complexity index is 1070. The average Bonchev–Trinajstić information content (AvgIpc) is 3.48. The third kappa shape index (κ3) is 6.33. The number of hydrogen-bond donors (Lipinski definition) is 1. The molecule has 4 rings (SSSR count). The maximum absolute atomic E-state index is 13.7. The van der Waals surface area contributed by atoms with Gasteiger partial charge >= 0.3 is 6.03 Å². The summed E-state index contributed by atoms with van der Waals surface area (Å²) in [7, 11) is 1.98. The molecule has 1 saturated heterocycles. The fraction of sp³-hybridized carbons (Fsp3) is 0.519. The zero-order valence-corrected chi connectivity index (χ0v) is 21.8. The third-order valence-corrected chi connectivity index (χ3v) is 6.68. The summed E-state index contributed by atoms with van der Waals surface area (Å²) in [4.78, 5) is 30.6. The van der Waals surface area contributed by atoms with Gasteiger partial charge in [0.25, 0.3) is 5.91 Å². The van der Waals surface area contributed by atoms with Crippen LogP contribution >= 0.6 is 0 Å². The number of morpholine rings is 1. The van der Waals surface area contributed by atoms with E-state index in [2.05, 4.69) is 34.5 Å². The molecule has 36 heavy (non-hydrogen) atoms. The summed E-state index contributed by atoms with van der Waals surface area (Å²) in [5, 5.41) is 9.32. The quantitative estimate of drug-likeness (QED) is 0.612. The predicted molar refractivity (Wildman–Crippen MR) is 140 cm³/mol. The van der Waals surface area contributed by atoms with E-state index in [-0.39, 0.29) is 30.6 Å². The minimum atomic E-state index is -0.232. The second-order valence-electron chi connectivity index (χ2n) is 9.90. The van der Waals surface area contributed by atoms with Crippen LogP contribution in [0.4, 0.5) is 4.79 Å². The third-order valence-electron chi connectivity index (χ3n) is 6.68. The van der Waals surface area contributed by atoms with E-state index in [1.54, 1.807) is 9.91 Å². The molecule has 0 unspecified atom stereocenters. The molecule has 0 bridgehead atoms. The molecule has 1 aromatic heterocycles. The maximum Gasteiger partial charge on any atom is 0.318 e. The SMILES string of the molecule is Cc1ccc([C@H]2CC(c3cccn3C)=NN2C(=O)CN(CCN2CCOCC2)C(=O)NC(C)C)cc1. The molecule has 2 aliphatic rings. The molecule has 2 aliphatic heterocycles. The highest BCUT2D eigenvalue weighted by Crippen LogP contribution is 2.33. The lowest BCUT2D eigenvalue weighted by Gasteiger charge is -2.31. The Hall–Kier alpha value is -3.17. The normalized spacial score (nSPS) is 18.4. The van der Waals surface area contributed by atoms with Crippen molar-refractivity contribution in [2.24, 2.45) is 12.1 Å². The Morgan fingerprint density at radius 1 is 1.17 bits per heavy atom. The molecule has 9 heteroatoms. The van der Waals surface area contributed by atoms with Crippen molar-refractivity contribution >= 4 is 17.6 Å². The Morgan fingerprint density at radius 2 is 1.89 bits per heavy atom. The first-order valence-corrected chi connectivity index (χ1v) is 12.7. The van der Waals surface area contributed by atoms with Crippen molar-refractivity contribution in [1.29, 1.82) is 0 Å². The van der Waals surface area contributed by atoms with E-state index in [0.717, 1.165) is 35.6 Å². The number of aromatic nitrogens is 1. The second-order valence-corrected chi connectivity index (χ2v) is 9.90. The van der Waals surface area contributed by atoms with Gasteiger partial charge in [-0.1, -0.05) is 29.8 Å². The Morgan fingerprint density at radius 3 is 2.53 bits per heavy atom. The highest BCUT2D eigenvalue weighted by atomic mass is 16.5. The number of carbonyl (C=O) groups is 2. The second kappa shape index (κ2) is 11.7. The lowest BCUT2D eigenvalue weighted by atomic mass is 9.99. The van der Waals surface area contributed by atoms with Crippen LogP contribution in [0.2, 0.25) is 0 Å². The van der Waals surface area contributed by atoms with Crippen LogP contribution in [-0.2, 0) is 16.6 Å². The van der Waals surface area contributed by atoms with Gasteiger partial charge in [-0.2, -0.15) is 5.10 Å². The number of nitrogens with zero attached hydrogens (tertiary/aromatic N) is 5. The molecule has 1 aromatic carbocycles. The number of aryl methyl sites for hydroxylation is 2. The first-order chi connectivity index (χ1) is 17.3. The van der Waals surface area contributed by atoms with Crippen LogP contribution in [0.15, 0.2) is 47.7 Å². The number of hydrogen-bond acceptors (Lipinski definition) is 5. The number of rotatable bonds is 8. The molecule has 0 radical (unpaired) electrons. The van der Waals surface area contributed by atoms with Gasteiger partial charge in [0, 0.05) is 51.9 Å². The molecule has 0 saturated carbocycles. The number of ether oxygens (including phenoxy) is 1. The van der Waals surface area contributed by atoms with Crippen molar-refractivity contribution in [3.8, 4) is 0 Å². The van der Waals surface area contributed by atoms with Gasteiger partial charge in [-0.05, 0) is 38.5 Å². The number of nitrogens with one attached hydrogen (secondary N) is 1. The Kier molecular flexibility index (Phi) is 8.43. The van der Waals surface area contributed by atoms with Crippen LogP contribution in [0.25, 0.3) is 0 Å². The van der Waals surface area contributed by atoms with E-state index < -0.39 is 0 Å². The molecule has 194 valence electrons. The fourth-order valence-corrected chi connectivity index (χ4v) is 4.62.